The van der Waals surface area contributed by atoms with Crippen molar-refractivity contribution in [1.82, 2.24) is 0 Å². The molecule has 96 valence electrons. The molecular formula is C13H20ClNO2. The molecule has 0 spiro atoms. The zero-order valence-electron chi connectivity index (χ0n) is 10.3. The van der Waals surface area contributed by atoms with Gasteiger partial charge in [-0.05, 0) is 36.5 Å². The molecule has 0 aromatic heterocycles. The van der Waals surface area contributed by atoms with Gasteiger partial charge in [0.2, 0.25) is 0 Å². The Kier molecular flexibility index (Phi) is 5.09. The van der Waals surface area contributed by atoms with Gasteiger partial charge in [0.15, 0.2) is 0 Å². The third kappa shape index (κ3) is 3.05. The van der Waals surface area contributed by atoms with Crippen molar-refractivity contribution in [3.63, 3.8) is 0 Å². The average molecular weight is 258 g/mol. The summed E-state index contributed by atoms with van der Waals surface area (Å²) in [5.74, 6) is 2.24. The van der Waals surface area contributed by atoms with Crippen LogP contribution in [-0.2, 0) is 0 Å². The molecule has 0 amide bonds. The number of hydrogen-bond acceptors (Lipinski definition) is 3. The van der Waals surface area contributed by atoms with Gasteiger partial charge in [-0.2, -0.15) is 0 Å². The number of methoxy groups -OCH3 is 2. The predicted octanol–water partition coefficient (Wildman–Crippen LogP) is 2.93. The highest BCUT2D eigenvalue weighted by Crippen LogP contribution is 2.38. The van der Waals surface area contributed by atoms with Gasteiger partial charge in [-0.1, -0.05) is 6.42 Å². The molecule has 2 N–H and O–H groups in total. The molecule has 0 heterocycles. The lowest BCUT2D eigenvalue weighted by Crippen LogP contribution is -2.26. The molecule has 1 aliphatic rings. The average Bonchev–Trinajstić information content (AvgIpc) is 2.26. The Morgan fingerprint density at radius 2 is 1.65 bits per heavy atom. The Morgan fingerprint density at radius 3 is 2.00 bits per heavy atom. The van der Waals surface area contributed by atoms with Crippen LogP contribution in [0.1, 0.15) is 30.9 Å². The molecule has 1 fully saturated rings. The summed E-state index contributed by atoms with van der Waals surface area (Å²) in [6, 6.07) is 5.99. The summed E-state index contributed by atoms with van der Waals surface area (Å²) in [5.41, 5.74) is 7.35. The summed E-state index contributed by atoms with van der Waals surface area (Å²) in [5, 5.41) is 0. The zero-order chi connectivity index (χ0) is 11.5. The molecule has 1 aliphatic carbocycles. The Balaban J connectivity index is 0.00000144. The Labute approximate surface area is 109 Å². The molecule has 0 saturated heterocycles. The second kappa shape index (κ2) is 6.12. The van der Waals surface area contributed by atoms with Gasteiger partial charge in [-0.3, -0.25) is 0 Å². The molecule has 3 nitrogen and oxygen atoms in total. The van der Waals surface area contributed by atoms with Crippen LogP contribution < -0.4 is 15.2 Å². The van der Waals surface area contributed by atoms with Gasteiger partial charge < -0.3 is 15.2 Å². The van der Waals surface area contributed by atoms with Crippen molar-refractivity contribution in [3.8, 4) is 11.5 Å². The fourth-order valence-corrected chi connectivity index (χ4v) is 2.09. The van der Waals surface area contributed by atoms with Crippen molar-refractivity contribution < 1.29 is 9.47 Å². The van der Waals surface area contributed by atoms with Crippen molar-refractivity contribution in [2.45, 2.75) is 25.3 Å². The predicted molar refractivity (Wildman–Crippen MR) is 71.1 cm³/mol. The molecule has 2 rings (SSSR count). The Morgan fingerprint density at radius 1 is 1.12 bits per heavy atom. The molecule has 17 heavy (non-hydrogen) atoms. The van der Waals surface area contributed by atoms with Gasteiger partial charge >= 0.3 is 0 Å². The molecule has 0 bridgehead atoms. The summed E-state index contributed by atoms with van der Waals surface area (Å²) < 4.78 is 10.5. The topological polar surface area (TPSA) is 44.5 Å². The van der Waals surface area contributed by atoms with E-state index >= 15 is 0 Å². The van der Waals surface area contributed by atoms with E-state index in [0.29, 0.717) is 5.92 Å². The molecule has 0 radical (unpaired) electrons. The molecule has 1 aromatic rings. The smallest absolute Gasteiger partial charge is 0.122 e. The second-order valence-electron chi connectivity index (χ2n) is 4.36. The maximum absolute atomic E-state index is 6.24. The van der Waals surface area contributed by atoms with Crippen molar-refractivity contribution in [2.24, 2.45) is 11.7 Å². The van der Waals surface area contributed by atoms with Gasteiger partial charge in [0.1, 0.15) is 11.5 Å². The van der Waals surface area contributed by atoms with Gasteiger partial charge in [0.25, 0.3) is 0 Å². The Bertz CT molecular complexity index is 344. The van der Waals surface area contributed by atoms with Gasteiger partial charge in [-0.15, -0.1) is 12.4 Å². The van der Waals surface area contributed by atoms with Crippen molar-refractivity contribution in [3.05, 3.63) is 23.8 Å². The van der Waals surface area contributed by atoms with E-state index in [1.807, 2.05) is 18.2 Å². The number of hydrogen-bond donors (Lipinski definition) is 1. The van der Waals surface area contributed by atoms with Crippen LogP contribution in [0.3, 0.4) is 0 Å². The number of nitrogens with two attached hydrogens (primary N) is 1. The maximum atomic E-state index is 6.24. The lowest BCUT2D eigenvalue weighted by Gasteiger charge is -2.31. The number of benzene rings is 1. The fraction of sp³-hybridized carbons (Fsp3) is 0.538. The fourth-order valence-electron chi connectivity index (χ4n) is 2.09. The molecule has 0 aliphatic heterocycles. The third-order valence-corrected chi connectivity index (χ3v) is 3.42. The van der Waals surface area contributed by atoms with Crippen LogP contribution in [0.4, 0.5) is 0 Å². The highest BCUT2D eigenvalue weighted by molar-refractivity contribution is 5.85. The van der Waals surface area contributed by atoms with E-state index in [-0.39, 0.29) is 18.4 Å². The standard InChI is InChI=1S/C13H19NO2.ClH/c1-15-11-6-10(7-12(8-11)16-2)13(14)9-4-3-5-9;/h6-9,13H,3-5,14H2,1-2H3;1H/t13-;/m0./s1. The molecule has 1 aromatic carbocycles. The second-order valence-corrected chi connectivity index (χ2v) is 4.36. The lowest BCUT2D eigenvalue weighted by molar-refractivity contribution is 0.263. The van der Waals surface area contributed by atoms with Crippen LogP contribution in [0, 0.1) is 5.92 Å². The van der Waals surface area contributed by atoms with Gasteiger partial charge in [0.05, 0.1) is 14.2 Å². The van der Waals surface area contributed by atoms with Crippen LogP contribution in [0.5, 0.6) is 11.5 Å². The molecular weight excluding hydrogens is 238 g/mol. The number of ether oxygens (including phenoxy) is 2. The van der Waals surface area contributed by atoms with Crippen molar-refractivity contribution >= 4 is 12.4 Å². The SMILES string of the molecule is COc1cc(OC)cc([C@@H](N)C2CCC2)c1.Cl. The van der Waals surface area contributed by atoms with E-state index in [4.69, 9.17) is 15.2 Å². The molecule has 1 saturated carbocycles. The number of rotatable bonds is 4. The molecule has 0 unspecified atom stereocenters. The quantitative estimate of drug-likeness (QED) is 0.902. The Hall–Kier alpha value is -0.930. The van der Waals surface area contributed by atoms with E-state index in [0.717, 1.165) is 17.1 Å². The highest BCUT2D eigenvalue weighted by Gasteiger charge is 2.26. The first-order valence-electron chi connectivity index (χ1n) is 5.73. The first-order chi connectivity index (χ1) is 7.74. The summed E-state index contributed by atoms with van der Waals surface area (Å²) >= 11 is 0. The van der Waals surface area contributed by atoms with Crippen LogP contribution in [0.15, 0.2) is 18.2 Å². The first kappa shape index (κ1) is 14.1. The summed E-state index contributed by atoms with van der Waals surface area (Å²) in [6.45, 7) is 0. The van der Waals surface area contributed by atoms with Gasteiger partial charge in [-0.25, -0.2) is 0 Å². The minimum absolute atomic E-state index is 0. The monoisotopic (exact) mass is 257 g/mol. The summed E-state index contributed by atoms with van der Waals surface area (Å²) in [7, 11) is 3.32. The highest BCUT2D eigenvalue weighted by atomic mass is 35.5. The summed E-state index contributed by atoms with van der Waals surface area (Å²) in [6.07, 6.45) is 3.78. The van der Waals surface area contributed by atoms with E-state index in [9.17, 15) is 0 Å². The van der Waals surface area contributed by atoms with Crippen LogP contribution >= 0.6 is 12.4 Å². The maximum Gasteiger partial charge on any atom is 0.122 e. The van der Waals surface area contributed by atoms with Crippen molar-refractivity contribution in [1.29, 1.82) is 0 Å². The van der Waals surface area contributed by atoms with E-state index in [2.05, 4.69) is 0 Å². The van der Waals surface area contributed by atoms with Crippen molar-refractivity contribution in [2.75, 3.05) is 14.2 Å². The van der Waals surface area contributed by atoms with Crippen LogP contribution in [-0.4, -0.2) is 14.2 Å². The minimum Gasteiger partial charge on any atom is -0.497 e. The largest absolute Gasteiger partial charge is 0.497 e. The van der Waals surface area contributed by atoms with Crippen LogP contribution in [0.25, 0.3) is 0 Å². The minimum atomic E-state index is 0. The van der Waals surface area contributed by atoms with Gasteiger partial charge in [0, 0.05) is 12.1 Å². The van der Waals surface area contributed by atoms with E-state index in [1.54, 1.807) is 14.2 Å². The molecule has 4 heteroatoms. The first-order valence-corrected chi connectivity index (χ1v) is 5.73. The lowest BCUT2D eigenvalue weighted by atomic mass is 9.77. The third-order valence-electron chi connectivity index (χ3n) is 3.42. The number of halogens is 1. The normalized spacial score (nSPS) is 16.6. The van der Waals surface area contributed by atoms with E-state index < -0.39 is 0 Å². The summed E-state index contributed by atoms with van der Waals surface area (Å²) in [4.78, 5) is 0. The molecule has 1 atom stereocenters. The van der Waals surface area contributed by atoms with E-state index in [1.165, 1.54) is 19.3 Å². The van der Waals surface area contributed by atoms with Crippen LogP contribution in [0.2, 0.25) is 0 Å². The zero-order valence-corrected chi connectivity index (χ0v) is 11.1.